The number of fused-ring (bicyclic) bond motifs is 1. The van der Waals surface area contributed by atoms with Crippen LogP contribution in [0.1, 0.15) is 15.4 Å². The van der Waals surface area contributed by atoms with E-state index in [1.54, 1.807) is 23.6 Å². The zero-order chi connectivity index (χ0) is 17.6. The fraction of sp³-hybridized carbons (Fsp3) is 0.353. The molecule has 0 radical (unpaired) electrons. The minimum absolute atomic E-state index is 0.0895. The molecule has 3 aromatic heterocycles. The third-order valence-electron chi connectivity index (χ3n) is 4.36. The molecule has 0 N–H and O–H groups in total. The van der Waals surface area contributed by atoms with Crippen LogP contribution < -0.4 is 0 Å². The second-order valence-electron chi connectivity index (χ2n) is 6.15. The largest absolute Gasteiger partial charge is 0.335 e. The number of nitrogens with zero attached hydrogens (tertiary/aromatic N) is 4. The van der Waals surface area contributed by atoms with Crippen LogP contribution in [0.5, 0.6) is 0 Å². The Hall–Kier alpha value is -1.54. The van der Waals surface area contributed by atoms with E-state index in [9.17, 15) is 4.79 Å². The van der Waals surface area contributed by atoms with Gasteiger partial charge in [0.15, 0.2) is 0 Å². The number of piperazine rings is 1. The van der Waals surface area contributed by atoms with Crippen LogP contribution in [0.3, 0.4) is 0 Å². The Morgan fingerprint density at radius 2 is 2.00 bits per heavy atom. The first-order valence-corrected chi connectivity index (χ1v) is 10.0. The maximum atomic E-state index is 12.8. The first-order valence-electron chi connectivity index (χ1n) is 8.02. The number of thiazole rings is 1. The number of aryl methyl sites for hydroxylation is 1. The number of pyridine rings is 1. The van der Waals surface area contributed by atoms with Crippen LogP contribution in [0.2, 0.25) is 5.02 Å². The normalized spacial score (nSPS) is 15.9. The molecule has 1 aliphatic rings. The van der Waals surface area contributed by atoms with E-state index < -0.39 is 0 Å². The minimum Gasteiger partial charge on any atom is -0.335 e. The molecule has 4 heterocycles. The molecule has 0 unspecified atom stereocenters. The van der Waals surface area contributed by atoms with Crippen LogP contribution >= 0.6 is 34.3 Å². The first-order chi connectivity index (χ1) is 12.0. The quantitative estimate of drug-likeness (QED) is 0.666. The van der Waals surface area contributed by atoms with Gasteiger partial charge in [-0.05, 0) is 26.1 Å². The van der Waals surface area contributed by atoms with Gasteiger partial charge in [0.1, 0.15) is 9.88 Å². The first kappa shape index (κ1) is 16.9. The van der Waals surface area contributed by atoms with Gasteiger partial charge in [-0.1, -0.05) is 11.6 Å². The molecule has 1 saturated heterocycles. The van der Waals surface area contributed by atoms with E-state index >= 15 is 0 Å². The second-order valence-corrected chi connectivity index (χ2v) is 8.61. The van der Waals surface area contributed by atoms with Gasteiger partial charge in [-0.15, -0.1) is 22.7 Å². The molecule has 5 nitrogen and oxygen atoms in total. The highest BCUT2D eigenvalue weighted by Gasteiger charge is 2.25. The molecule has 0 saturated carbocycles. The lowest BCUT2D eigenvalue weighted by Gasteiger charge is -2.32. The van der Waals surface area contributed by atoms with Crippen molar-refractivity contribution < 1.29 is 4.79 Å². The number of carbonyl (C=O) groups is 1. The van der Waals surface area contributed by atoms with Gasteiger partial charge < -0.3 is 9.80 Å². The van der Waals surface area contributed by atoms with E-state index in [-0.39, 0.29) is 5.91 Å². The van der Waals surface area contributed by atoms with Crippen molar-refractivity contribution in [1.82, 2.24) is 19.8 Å². The van der Waals surface area contributed by atoms with Crippen molar-refractivity contribution in [2.24, 2.45) is 0 Å². The molecule has 8 heteroatoms. The minimum atomic E-state index is 0.0895. The van der Waals surface area contributed by atoms with Gasteiger partial charge in [0, 0.05) is 32.4 Å². The van der Waals surface area contributed by atoms with Crippen molar-refractivity contribution >= 4 is 50.4 Å². The number of thiophene rings is 1. The SMILES string of the molecule is Cc1nc(-c2cc3nccc(Cl)c3s2)sc1C(=O)N1CCN(C)CC1. The molecule has 1 fully saturated rings. The molecule has 0 aromatic carbocycles. The van der Waals surface area contributed by atoms with E-state index in [0.29, 0.717) is 5.02 Å². The van der Waals surface area contributed by atoms with Gasteiger partial charge in [-0.25, -0.2) is 4.98 Å². The highest BCUT2D eigenvalue weighted by molar-refractivity contribution is 7.26. The summed E-state index contributed by atoms with van der Waals surface area (Å²) in [6, 6.07) is 3.79. The Morgan fingerprint density at radius 3 is 2.72 bits per heavy atom. The summed E-state index contributed by atoms with van der Waals surface area (Å²) < 4.78 is 0.957. The van der Waals surface area contributed by atoms with Crippen LogP contribution in [-0.4, -0.2) is 58.9 Å². The molecule has 1 amide bonds. The van der Waals surface area contributed by atoms with Crippen molar-refractivity contribution in [2.75, 3.05) is 33.2 Å². The lowest BCUT2D eigenvalue weighted by Crippen LogP contribution is -2.47. The highest BCUT2D eigenvalue weighted by atomic mass is 35.5. The fourth-order valence-electron chi connectivity index (χ4n) is 2.87. The fourth-order valence-corrected chi connectivity index (χ4v) is 5.24. The zero-order valence-electron chi connectivity index (χ0n) is 14.0. The summed E-state index contributed by atoms with van der Waals surface area (Å²) in [5, 5.41) is 1.55. The van der Waals surface area contributed by atoms with E-state index in [1.807, 2.05) is 17.9 Å². The summed E-state index contributed by atoms with van der Waals surface area (Å²) in [4.78, 5) is 27.7. The van der Waals surface area contributed by atoms with Crippen molar-refractivity contribution in [3.8, 4) is 9.88 Å². The number of likely N-dealkylation sites (N-methyl/N-ethyl adjacent to an activating group) is 1. The van der Waals surface area contributed by atoms with E-state index in [0.717, 1.165) is 56.9 Å². The number of halogens is 1. The molecular weight excluding hydrogens is 376 g/mol. The highest BCUT2D eigenvalue weighted by Crippen LogP contribution is 2.38. The summed E-state index contributed by atoms with van der Waals surface area (Å²) in [5.74, 6) is 0.0895. The Labute approximate surface area is 158 Å². The third kappa shape index (κ3) is 3.17. The predicted molar refractivity (Wildman–Crippen MR) is 104 cm³/mol. The Morgan fingerprint density at radius 1 is 1.24 bits per heavy atom. The Balaban J connectivity index is 1.65. The third-order valence-corrected chi connectivity index (χ3v) is 7.26. The number of aromatic nitrogens is 2. The van der Waals surface area contributed by atoms with Crippen molar-refractivity contribution in [3.63, 3.8) is 0 Å². The molecule has 3 aromatic rings. The molecule has 0 aliphatic carbocycles. The number of amides is 1. The van der Waals surface area contributed by atoms with Gasteiger partial charge in [0.2, 0.25) is 0 Å². The van der Waals surface area contributed by atoms with Gasteiger partial charge in [-0.2, -0.15) is 0 Å². The Kier molecular flexibility index (Phi) is 4.49. The van der Waals surface area contributed by atoms with E-state index in [1.165, 1.54) is 11.3 Å². The molecule has 4 rings (SSSR count). The average molecular weight is 393 g/mol. The van der Waals surface area contributed by atoms with Crippen LogP contribution in [-0.2, 0) is 0 Å². The maximum absolute atomic E-state index is 12.8. The lowest BCUT2D eigenvalue weighted by molar-refractivity contribution is 0.0668. The van der Waals surface area contributed by atoms with Crippen LogP contribution in [0.4, 0.5) is 0 Å². The van der Waals surface area contributed by atoms with Crippen LogP contribution in [0.15, 0.2) is 18.3 Å². The van der Waals surface area contributed by atoms with Crippen molar-refractivity contribution in [2.45, 2.75) is 6.92 Å². The predicted octanol–water partition coefficient (Wildman–Crippen LogP) is 3.77. The van der Waals surface area contributed by atoms with Gasteiger partial charge in [0.05, 0.1) is 25.8 Å². The number of rotatable bonds is 2. The van der Waals surface area contributed by atoms with Gasteiger partial charge >= 0.3 is 0 Å². The number of hydrogen-bond acceptors (Lipinski definition) is 6. The van der Waals surface area contributed by atoms with Crippen LogP contribution in [0, 0.1) is 6.92 Å². The standard InChI is InChI=1S/C17H17ClN4OS2/c1-10-14(17(23)22-7-5-21(2)6-8-22)25-16(20-10)13-9-12-15(24-13)11(18)3-4-19-12/h3-4,9H,5-8H2,1-2H3. The van der Waals surface area contributed by atoms with E-state index in [4.69, 9.17) is 11.6 Å². The lowest BCUT2D eigenvalue weighted by atomic mass is 10.3. The van der Waals surface area contributed by atoms with E-state index in [2.05, 4.69) is 21.9 Å². The summed E-state index contributed by atoms with van der Waals surface area (Å²) in [7, 11) is 2.08. The smallest absolute Gasteiger partial charge is 0.265 e. The summed E-state index contributed by atoms with van der Waals surface area (Å²) in [6.07, 6.45) is 1.70. The molecule has 0 bridgehead atoms. The monoisotopic (exact) mass is 392 g/mol. The zero-order valence-corrected chi connectivity index (χ0v) is 16.3. The molecule has 0 atom stereocenters. The number of hydrogen-bond donors (Lipinski definition) is 0. The Bertz CT molecular complexity index is 943. The maximum Gasteiger partial charge on any atom is 0.265 e. The summed E-state index contributed by atoms with van der Waals surface area (Å²) in [5.41, 5.74) is 1.66. The summed E-state index contributed by atoms with van der Waals surface area (Å²) >= 11 is 9.28. The van der Waals surface area contributed by atoms with Crippen molar-refractivity contribution in [1.29, 1.82) is 0 Å². The topological polar surface area (TPSA) is 49.3 Å². The molecular formula is C17H17ClN4OS2. The van der Waals surface area contributed by atoms with Crippen LogP contribution in [0.25, 0.3) is 20.1 Å². The summed E-state index contributed by atoms with van der Waals surface area (Å²) in [6.45, 7) is 5.27. The molecule has 25 heavy (non-hydrogen) atoms. The molecule has 130 valence electrons. The number of carbonyl (C=O) groups excluding carboxylic acids is 1. The second kappa shape index (κ2) is 6.64. The van der Waals surface area contributed by atoms with Crippen molar-refractivity contribution in [3.05, 3.63) is 33.9 Å². The average Bonchev–Trinajstić information content (AvgIpc) is 3.19. The molecule has 1 aliphatic heterocycles. The van der Waals surface area contributed by atoms with Gasteiger partial charge in [0.25, 0.3) is 5.91 Å². The van der Waals surface area contributed by atoms with Gasteiger partial charge in [-0.3, -0.25) is 9.78 Å². The molecule has 0 spiro atoms.